The average molecular weight is 600 g/mol. The molecule has 0 unspecified atom stereocenters. The van der Waals surface area contributed by atoms with Crippen LogP contribution in [0.25, 0.3) is 0 Å². The molecule has 2 aromatic rings. The summed E-state index contributed by atoms with van der Waals surface area (Å²) in [6.45, 7) is 0.279. The van der Waals surface area contributed by atoms with Crippen LogP contribution in [0.2, 0.25) is 10.0 Å². The molecule has 0 fully saturated rings. The first kappa shape index (κ1) is 23.9. The number of allylic oxidation sites excluding steroid dienone is 2. The van der Waals surface area contributed by atoms with E-state index in [1.165, 1.54) is 7.11 Å². The van der Waals surface area contributed by atoms with E-state index in [9.17, 15) is 9.59 Å². The van der Waals surface area contributed by atoms with Crippen LogP contribution in [0.1, 0.15) is 36.3 Å². The minimum Gasteiger partial charge on any atom is -0.486 e. The molecule has 2 N–H and O–H groups in total. The highest BCUT2D eigenvalue weighted by atomic mass is 127. The van der Waals surface area contributed by atoms with Gasteiger partial charge in [-0.2, -0.15) is 0 Å². The van der Waals surface area contributed by atoms with Gasteiger partial charge < -0.3 is 19.9 Å². The fraction of sp³-hybridized carbons (Fsp3) is 0.250. The lowest BCUT2D eigenvalue weighted by Gasteiger charge is -2.32. The lowest BCUT2D eigenvalue weighted by molar-refractivity contribution is -0.136. The monoisotopic (exact) mass is 599 g/mol. The van der Waals surface area contributed by atoms with Crippen molar-refractivity contribution in [1.82, 2.24) is 0 Å². The third-order valence-electron chi connectivity index (χ3n) is 5.54. The van der Waals surface area contributed by atoms with Crippen molar-refractivity contribution in [3.05, 3.63) is 83.9 Å². The van der Waals surface area contributed by atoms with Crippen molar-refractivity contribution in [2.24, 2.45) is 5.73 Å². The molecule has 33 heavy (non-hydrogen) atoms. The number of hydrogen-bond donors (Lipinski definition) is 1. The highest BCUT2D eigenvalue weighted by molar-refractivity contribution is 14.1. The molecule has 1 heterocycles. The zero-order chi connectivity index (χ0) is 23.7. The molecule has 0 spiro atoms. The van der Waals surface area contributed by atoms with Gasteiger partial charge in [0, 0.05) is 22.0 Å². The number of carbonyl (C=O) groups is 2. The third-order valence-corrected chi connectivity index (χ3v) is 6.82. The summed E-state index contributed by atoms with van der Waals surface area (Å²) in [4.78, 5) is 25.4. The second kappa shape index (κ2) is 9.95. The van der Waals surface area contributed by atoms with Crippen molar-refractivity contribution >= 4 is 57.5 Å². The summed E-state index contributed by atoms with van der Waals surface area (Å²) in [5.74, 6) is -0.905. The normalized spacial score (nSPS) is 18.1. The first-order valence-electron chi connectivity index (χ1n) is 10.2. The van der Waals surface area contributed by atoms with Crippen molar-refractivity contribution < 1.29 is 23.8 Å². The van der Waals surface area contributed by atoms with E-state index in [1.54, 1.807) is 12.1 Å². The van der Waals surface area contributed by atoms with Crippen LogP contribution >= 0.6 is 45.8 Å². The van der Waals surface area contributed by atoms with Crippen LogP contribution in [0.5, 0.6) is 5.75 Å². The third kappa shape index (κ3) is 4.85. The van der Waals surface area contributed by atoms with Gasteiger partial charge in [-0.05, 0) is 64.4 Å². The Morgan fingerprint density at radius 2 is 1.85 bits per heavy atom. The standard InChI is InChI=1S/C24H20Cl2INO5/c1-31-24(30)21-19(20-17(29)3-2-4-18(20)33-23(21)28)13-9-15(25)22(16(26)10-13)32-11-12-5-7-14(27)8-6-12/h5-10,19H,2-4,11,28H2,1H3/t19-/m0/s1. The molecule has 2 aromatic carbocycles. The molecule has 0 saturated carbocycles. The topological polar surface area (TPSA) is 87.9 Å². The summed E-state index contributed by atoms with van der Waals surface area (Å²) in [6, 6.07) is 11.1. The number of Topliss-reactive ketones (excluding diaryl/α,β-unsaturated/α-hetero) is 1. The van der Waals surface area contributed by atoms with Gasteiger partial charge in [-0.3, -0.25) is 4.79 Å². The van der Waals surface area contributed by atoms with Gasteiger partial charge in [-0.15, -0.1) is 0 Å². The molecule has 1 aliphatic heterocycles. The van der Waals surface area contributed by atoms with Gasteiger partial charge in [0.05, 0.1) is 23.1 Å². The molecule has 9 heteroatoms. The molecule has 0 amide bonds. The SMILES string of the molecule is COC(=O)C1=C(N)OC2=C(C(=O)CCC2)[C@@H]1c1cc(Cl)c(OCc2ccc(I)cc2)c(Cl)c1. The maximum atomic E-state index is 12.9. The number of halogens is 3. The van der Waals surface area contributed by atoms with Gasteiger partial charge >= 0.3 is 5.97 Å². The van der Waals surface area contributed by atoms with E-state index in [1.807, 2.05) is 24.3 Å². The molecule has 172 valence electrons. The number of benzene rings is 2. The number of rotatable bonds is 5. The minimum absolute atomic E-state index is 0.0474. The number of ether oxygens (including phenoxy) is 3. The summed E-state index contributed by atoms with van der Waals surface area (Å²) in [5.41, 5.74) is 8.01. The smallest absolute Gasteiger partial charge is 0.340 e. The van der Waals surface area contributed by atoms with Crippen LogP contribution in [0.15, 0.2) is 59.2 Å². The Labute approximate surface area is 214 Å². The van der Waals surface area contributed by atoms with Crippen molar-refractivity contribution in [1.29, 1.82) is 0 Å². The molecule has 0 saturated heterocycles. The Kier molecular flexibility index (Phi) is 7.21. The van der Waals surface area contributed by atoms with E-state index in [0.29, 0.717) is 41.9 Å². The van der Waals surface area contributed by atoms with E-state index >= 15 is 0 Å². The predicted molar refractivity (Wildman–Crippen MR) is 133 cm³/mol. The Hall–Kier alpha value is -2.23. The number of methoxy groups -OCH3 is 1. The van der Waals surface area contributed by atoms with Gasteiger partial charge in [-0.1, -0.05) is 35.3 Å². The van der Waals surface area contributed by atoms with E-state index in [-0.39, 0.29) is 33.9 Å². The second-order valence-electron chi connectivity index (χ2n) is 7.65. The zero-order valence-electron chi connectivity index (χ0n) is 17.6. The minimum atomic E-state index is -0.797. The molecule has 1 aliphatic carbocycles. The van der Waals surface area contributed by atoms with Gasteiger partial charge in [-0.25, -0.2) is 4.79 Å². The number of carbonyl (C=O) groups excluding carboxylic acids is 2. The lowest BCUT2D eigenvalue weighted by Crippen LogP contribution is -2.31. The van der Waals surface area contributed by atoms with Crippen LogP contribution in [0, 0.1) is 3.57 Å². The second-order valence-corrected chi connectivity index (χ2v) is 9.71. The summed E-state index contributed by atoms with van der Waals surface area (Å²) >= 11 is 15.3. The van der Waals surface area contributed by atoms with Gasteiger partial charge in [0.15, 0.2) is 11.5 Å². The first-order chi connectivity index (χ1) is 15.8. The number of ketones is 1. The van der Waals surface area contributed by atoms with E-state index in [4.69, 9.17) is 43.1 Å². The molecular weight excluding hydrogens is 580 g/mol. The molecule has 6 nitrogen and oxygen atoms in total. The number of nitrogens with two attached hydrogens (primary N) is 1. The van der Waals surface area contributed by atoms with Crippen LogP contribution < -0.4 is 10.5 Å². The Morgan fingerprint density at radius 1 is 1.18 bits per heavy atom. The summed E-state index contributed by atoms with van der Waals surface area (Å²) in [6.07, 6.45) is 1.55. The average Bonchev–Trinajstić information content (AvgIpc) is 2.78. The van der Waals surface area contributed by atoms with Crippen LogP contribution in [-0.4, -0.2) is 18.9 Å². The lowest BCUT2D eigenvalue weighted by atomic mass is 9.77. The van der Waals surface area contributed by atoms with Crippen molar-refractivity contribution in [3.63, 3.8) is 0 Å². The predicted octanol–water partition coefficient (Wildman–Crippen LogP) is 5.64. The van der Waals surface area contributed by atoms with E-state index in [2.05, 4.69) is 22.6 Å². The number of esters is 1. The highest BCUT2D eigenvalue weighted by Crippen LogP contribution is 2.46. The van der Waals surface area contributed by atoms with Crippen molar-refractivity contribution in [2.75, 3.05) is 7.11 Å². The Morgan fingerprint density at radius 3 is 2.48 bits per heavy atom. The van der Waals surface area contributed by atoms with Crippen molar-refractivity contribution in [3.8, 4) is 5.75 Å². The fourth-order valence-corrected chi connectivity index (χ4v) is 4.99. The van der Waals surface area contributed by atoms with Crippen molar-refractivity contribution in [2.45, 2.75) is 31.8 Å². The number of hydrogen-bond acceptors (Lipinski definition) is 6. The summed E-state index contributed by atoms with van der Waals surface area (Å²) in [5, 5.41) is 0.505. The quantitative estimate of drug-likeness (QED) is 0.353. The molecule has 0 bridgehead atoms. The molecule has 1 atom stereocenters. The highest BCUT2D eigenvalue weighted by Gasteiger charge is 2.41. The summed E-state index contributed by atoms with van der Waals surface area (Å²) < 4.78 is 17.6. The molecule has 2 aliphatic rings. The Balaban J connectivity index is 1.73. The fourth-order valence-electron chi connectivity index (χ4n) is 4.02. The maximum Gasteiger partial charge on any atom is 0.340 e. The van der Waals surface area contributed by atoms with Crippen LogP contribution in [0.3, 0.4) is 0 Å². The van der Waals surface area contributed by atoms with Gasteiger partial charge in [0.1, 0.15) is 17.9 Å². The van der Waals surface area contributed by atoms with E-state index < -0.39 is 11.9 Å². The largest absolute Gasteiger partial charge is 0.486 e. The maximum absolute atomic E-state index is 12.9. The zero-order valence-corrected chi connectivity index (χ0v) is 21.3. The Bertz CT molecular complexity index is 1170. The molecule has 0 radical (unpaired) electrons. The van der Waals surface area contributed by atoms with Gasteiger partial charge in [0.25, 0.3) is 0 Å². The summed E-state index contributed by atoms with van der Waals surface area (Å²) in [7, 11) is 1.24. The van der Waals surface area contributed by atoms with Crippen LogP contribution in [-0.2, 0) is 25.7 Å². The van der Waals surface area contributed by atoms with Gasteiger partial charge in [0.2, 0.25) is 5.88 Å². The van der Waals surface area contributed by atoms with E-state index in [0.717, 1.165) is 9.13 Å². The molecular formula is C24H20Cl2INO5. The first-order valence-corrected chi connectivity index (χ1v) is 12.0. The molecule has 4 rings (SSSR count). The molecule has 0 aromatic heterocycles. The van der Waals surface area contributed by atoms with Crippen LogP contribution in [0.4, 0.5) is 0 Å².